The molecular formula is C22H28N2O3. The van der Waals surface area contributed by atoms with E-state index in [0.717, 1.165) is 41.2 Å². The summed E-state index contributed by atoms with van der Waals surface area (Å²) in [6.45, 7) is 1.98. The standard InChI is InChI=1S/C22H28N2O3/c1-15(25)24-18-10-7-16(8-11-18)20(14-23)17-9-12-21(26-2)22(13-17)27-19-5-3-4-6-19/h7-13,19-20H,3-6,14,23H2,1-2H3,(H,24,25). The van der Waals surface area contributed by atoms with Crippen LogP contribution in [0.15, 0.2) is 42.5 Å². The fourth-order valence-electron chi connectivity index (χ4n) is 3.65. The van der Waals surface area contributed by atoms with E-state index < -0.39 is 0 Å². The Balaban J connectivity index is 1.84. The molecule has 1 fully saturated rings. The van der Waals surface area contributed by atoms with Gasteiger partial charge in [-0.3, -0.25) is 4.79 Å². The molecule has 144 valence electrons. The van der Waals surface area contributed by atoms with E-state index in [1.54, 1.807) is 7.11 Å². The third-order valence-corrected chi connectivity index (χ3v) is 5.06. The molecule has 0 aliphatic heterocycles. The molecule has 2 aromatic carbocycles. The van der Waals surface area contributed by atoms with Crippen LogP contribution in [0.4, 0.5) is 5.69 Å². The number of hydrogen-bond donors (Lipinski definition) is 2. The van der Waals surface area contributed by atoms with Crippen molar-refractivity contribution in [3.8, 4) is 11.5 Å². The van der Waals surface area contributed by atoms with E-state index >= 15 is 0 Å². The van der Waals surface area contributed by atoms with E-state index in [2.05, 4.69) is 11.4 Å². The van der Waals surface area contributed by atoms with Gasteiger partial charge < -0.3 is 20.5 Å². The summed E-state index contributed by atoms with van der Waals surface area (Å²) in [5, 5.41) is 2.79. The summed E-state index contributed by atoms with van der Waals surface area (Å²) in [6, 6.07) is 13.9. The maximum Gasteiger partial charge on any atom is 0.221 e. The molecule has 0 heterocycles. The number of anilines is 1. The van der Waals surface area contributed by atoms with Crippen molar-refractivity contribution >= 4 is 11.6 Å². The second kappa shape index (κ2) is 8.91. The van der Waals surface area contributed by atoms with Crippen molar-refractivity contribution in [1.82, 2.24) is 0 Å². The lowest BCUT2D eigenvalue weighted by molar-refractivity contribution is -0.114. The van der Waals surface area contributed by atoms with Crippen molar-refractivity contribution in [1.29, 1.82) is 0 Å². The molecule has 1 amide bonds. The molecule has 27 heavy (non-hydrogen) atoms. The van der Waals surface area contributed by atoms with E-state index in [4.69, 9.17) is 15.2 Å². The Bertz CT molecular complexity index is 768. The van der Waals surface area contributed by atoms with Crippen LogP contribution in [0.3, 0.4) is 0 Å². The molecule has 3 rings (SSSR count). The van der Waals surface area contributed by atoms with Gasteiger partial charge in [-0.25, -0.2) is 0 Å². The second-order valence-corrected chi connectivity index (χ2v) is 7.03. The Hall–Kier alpha value is -2.53. The van der Waals surface area contributed by atoms with Gasteiger partial charge in [-0.15, -0.1) is 0 Å². The molecule has 0 aromatic heterocycles. The van der Waals surface area contributed by atoms with E-state index in [1.165, 1.54) is 19.8 Å². The van der Waals surface area contributed by atoms with Crippen molar-refractivity contribution in [2.45, 2.75) is 44.6 Å². The summed E-state index contributed by atoms with van der Waals surface area (Å²) in [5.41, 5.74) is 9.07. The summed E-state index contributed by atoms with van der Waals surface area (Å²) < 4.78 is 11.7. The minimum absolute atomic E-state index is 0.0493. The normalized spacial score (nSPS) is 15.4. The third-order valence-electron chi connectivity index (χ3n) is 5.06. The molecule has 1 aliphatic carbocycles. The van der Waals surface area contributed by atoms with Gasteiger partial charge >= 0.3 is 0 Å². The number of benzene rings is 2. The summed E-state index contributed by atoms with van der Waals surface area (Å²) in [5.74, 6) is 1.51. The monoisotopic (exact) mass is 368 g/mol. The van der Waals surface area contributed by atoms with Gasteiger partial charge in [0.2, 0.25) is 5.91 Å². The van der Waals surface area contributed by atoms with E-state index in [1.807, 2.05) is 36.4 Å². The number of nitrogens with one attached hydrogen (secondary N) is 1. The quantitative estimate of drug-likeness (QED) is 0.773. The molecule has 0 saturated heterocycles. The topological polar surface area (TPSA) is 73.6 Å². The molecule has 0 radical (unpaired) electrons. The molecule has 2 aromatic rings. The Labute approximate surface area is 160 Å². The van der Waals surface area contributed by atoms with Gasteiger partial charge in [-0.05, 0) is 61.1 Å². The molecule has 1 saturated carbocycles. The Morgan fingerprint density at radius 3 is 2.37 bits per heavy atom. The molecule has 5 heteroatoms. The van der Waals surface area contributed by atoms with Gasteiger partial charge in [0.05, 0.1) is 13.2 Å². The number of carbonyl (C=O) groups is 1. The van der Waals surface area contributed by atoms with Gasteiger partial charge in [0.25, 0.3) is 0 Å². The number of ether oxygens (including phenoxy) is 2. The highest BCUT2D eigenvalue weighted by Crippen LogP contribution is 2.36. The predicted molar refractivity (Wildman–Crippen MR) is 108 cm³/mol. The minimum Gasteiger partial charge on any atom is -0.493 e. The fraction of sp³-hybridized carbons (Fsp3) is 0.409. The zero-order valence-corrected chi connectivity index (χ0v) is 16.0. The van der Waals surface area contributed by atoms with Gasteiger partial charge in [0.15, 0.2) is 11.5 Å². The van der Waals surface area contributed by atoms with Crippen molar-refractivity contribution in [3.05, 3.63) is 53.6 Å². The van der Waals surface area contributed by atoms with Crippen LogP contribution in [-0.2, 0) is 4.79 Å². The molecule has 5 nitrogen and oxygen atoms in total. The number of carbonyl (C=O) groups excluding carboxylic acids is 1. The summed E-state index contributed by atoms with van der Waals surface area (Å²) in [4.78, 5) is 11.2. The average molecular weight is 368 g/mol. The lowest BCUT2D eigenvalue weighted by Crippen LogP contribution is -2.15. The first-order valence-electron chi connectivity index (χ1n) is 9.53. The SMILES string of the molecule is COc1ccc(C(CN)c2ccc(NC(C)=O)cc2)cc1OC1CCCC1. The third kappa shape index (κ3) is 4.80. The zero-order chi connectivity index (χ0) is 19.2. The highest BCUT2D eigenvalue weighted by molar-refractivity contribution is 5.88. The first-order valence-corrected chi connectivity index (χ1v) is 9.53. The molecule has 0 spiro atoms. The first-order chi connectivity index (χ1) is 13.1. The number of rotatable bonds is 7. The number of amides is 1. The van der Waals surface area contributed by atoms with Crippen LogP contribution < -0.4 is 20.5 Å². The van der Waals surface area contributed by atoms with E-state index in [-0.39, 0.29) is 17.9 Å². The highest BCUT2D eigenvalue weighted by atomic mass is 16.5. The van der Waals surface area contributed by atoms with Crippen LogP contribution in [0.1, 0.15) is 49.7 Å². The van der Waals surface area contributed by atoms with Gasteiger partial charge in [0.1, 0.15) is 0 Å². The lowest BCUT2D eigenvalue weighted by Gasteiger charge is -2.20. The Morgan fingerprint density at radius 2 is 1.78 bits per heavy atom. The number of nitrogens with two attached hydrogens (primary N) is 1. The molecule has 1 atom stereocenters. The summed E-state index contributed by atoms with van der Waals surface area (Å²) in [7, 11) is 1.66. The van der Waals surface area contributed by atoms with Crippen molar-refractivity contribution in [2.24, 2.45) is 5.73 Å². The van der Waals surface area contributed by atoms with Crippen LogP contribution >= 0.6 is 0 Å². The van der Waals surface area contributed by atoms with Crippen LogP contribution in [0, 0.1) is 0 Å². The summed E-state index contributed by atoms with van der Waals surface area (Å²) in [6.07, 6.45) is 4.90. The van der Waals surface area contributed by atoms with Crippen LogP contribution in [0.5, 0.6) is 11.5 Å². The maximum atomic E-state index is 11.2. The van der Waals surface area contributed by atoms with Crippen molar-refractivity contribution < 1.29 is 14.3 Å². The molecule has 0 bridgehead atoms. The highest BCUT2D eigenvalue weighted by Gasteiger charge is 2.20. The van der Waals surface area contributed by atoms with Crippen molar-refractivity contribution in [2.75, 3.05) is 19.0 Å². The Kier molecular flexibility index (Phi) is 6.35. The summed E-state index contributed by atoms with van der Waals surface area (Å²) >= 11 is 0. The average Bonchev–Trinajstić information content (AvgIpc) is 3.17. The molecule has 3 N–H and O–H groups in total. The minimum atomic E-state index is -0.0815. The van der Waals surface area contributed by atoms with E-state index in [0.29, 0.717) is 6.54 Å². The van der Waals surface area contributed by atoms with Crippen LogP contribution in [-0.4, -0.2) is 25.7 Å². The van der Waals surface area contributed by atoms with Crippen LogP contribution in [0.2, 0.25) is 0 Å². The lowest BCUT2D eigenvalue weighted by atomic mass is 9.91. The van der Waals surface area contributed by atoms with Gasteiger partial charge in [-0.2, -0.15) is 0 Å². The first kappa shape index (κ1) is 19.2. The number of hydrogen-bond acceptors (Lipinski definition) is 4. The Morgan fingerprint density at radius 1 is 1.11 bits per heavy atom. The second-order valence-electron chi connectivity index (χ2n) is 7.03. The number of methoxy groups -OCH3 is 1. The maximum absolute atomic E-state index is 11.2. The van der Waals surface area contributed by atoms with E-state index in [9.17, 15) is 4.79 Å². The smallest absolute Gasteiger partial charge is 0.221 e. The van der Waals surface area contributed by atoms with Crippen molar-refractivity contribution in [3.63, 3.8) is 0 Å². The fourth-order valence-corrected chi connectivity index (χ4v) is 3.65. The van der Waals surface area contributed by atoms with Crippen LogP contribution in [0.25, 0.3) is 0 Å². The van der Waals surface area contributed by atoms with Gasteiger partial charge in [-0.1, -0.05) is 18.2 Å². The molecular weight excluding hydrogens is 340 g/mol. The largest absolute Gasteiger partial charge is 0.493 e. The zero-order valence-electron chi connectivity index (χ0n) is 16.0. The van der Waals surface area contributed by atoms with Gasteiger partial charge in [0, 0.05) is 25.1 Å². The predicted octanol–water partition coefficient (Wildman–Crippen LogP) is 4.07. The molecule has 1 aliphatic rings. The molecule has 1 unspecified atom stereocenters.